The number of hydrogen-bond acceptors (Lipinski definition) is 8. The van der Waals surface area contributed by atoms with Crippen LogP contribution in [0.4, 0.5) is 4.79 Å². The van der Waals surface area contributed by atoms with Crippen LogP contribution in [0.15, 0.2) is 54.6 Å². The van der Waals surface area contributed by atoms with Gasteiger partial charge in [-0.05, 0) is 75.1 Å². The second-order valence-electron chi connectivity index (χ2n) is 20.2. The molecule has 59 heavy (non-hydrogen) atoms. The summed E-state index contributed by atoms with van der Waals surface area (Å²) in [6, 6.07) is 16.7. The Balaban J connectivity index is 1.80. The van der Waals surface area contributed by atoms with Gasteiger partial charge >= 0.3 is 6.09 Å². The number of benzene rings is 2. The molecule has 2 aliphatic rings. The molecule has 5 atom stereocenters. The van der Waals surface area contributed by atoms with E-state index in [1.807, 2.05) is 89.2 Å². The topological polar surface area (TPSA) is 132 Å². The number of hydrogen-bond donors (Lipinski definition) is 2. The molecule has 2 aliphatic heterocycles. The van der Waals surface area contributed by atoms with Crippen molar-refractivity contribution in [3.63, 3.8) is 0 Å². The minimum Gasteiger partial charge on any atom is -0.444 e. The standard InChI is InChI=1S/C47H73N3O8Si/c1-31(2)38(42(53)50-25-23-36(51)24-26-50)48-41(52)34(29-32-19-21-35(22-20-32)47(45(6,7)8)55-27-28-56-47)30-37(44(3,4)5)39(49-43(54)57-46(9,10)11)40(58-59(12)13)33-17-15-14-16-18-33/h14-22,31,34,37-40,59H,23-30H2,1-13H3,(H,48,52)(H,49,54)/t34-,37+,38-,39-,40?/m0/s1. The maximum absolute atomic E-state index is 15.0. The van der Waals surface area contributed by atoms with E-state index in [4.69, 9.17) is 18.6 Å². The molecule has 2 heterocycles. The first-order valence-electron chi connectivity index (χ1n) is 21.6. The van der Waals surface area contributed by atoms with Gasteiger partial charge in [-0.15, -0.1) is 0 Å². The summed E-state index contributed by atoms with van der Waals surface area (Å²) in [6.45, 7) is 28.0. The van der Waals surface area contributed by atoms with E-state index in [1.165, 1.54) is 0 Å². The number of nitrogens with zero attached hydrogens (tertiary/aromatic N) is 1. The molecule has 2 N–H and O–H groups in total. The zero-order valence-corrected chi connectivity index (χ0v) is 39.3. The van der Waals surface area contributed by atoms with Crippen LogP contribution >= 0.6 is 0 Å². The van der Waals surface area contributed by atoms with Crippen molar-refractivity contribution in [2.75, 3.05) is 26.3 Å². The number of carbonyl (C=O) groups excluding carboxylic acids is 4. The van der Waals surface area contributed by atoms with Gasteiger partial charge in [0, 0.05) is 42.8 Å². The Labute approximate surface area is 355 Å². The van der Waals surface area contributed by atoms with Crippen LogP contribution in [0, 0.1) is 28.6 Å². The Kier molecular flexibility index (Phi) is 16.2. The Bertz CT molecular complexity index is 1700. The van der Waals surface area contributed by atoms with Crippen molar-refractivity contribution in [2.45, 2.75) is 145 Å². The lowest BCUT2D eigenvalue weighted by Gasteiger charge is -2.43. The van der Waals surface area contributed by atoms with Gasteiger partial charge in [-0.3, -0.25) is 14.4 Å². The van der Waals surface area contributed by atoms with Crippen molar-refractivity contribution in [2.24, 2.45) is 28.6 Å². The minimum atomic E-state index is -1.70. The van der Waals surface area contributed by atoms with Crippen molar-refractivity contribution in [1.82, 2.24) is 15.5 Å². The quantitative estimate of drug-likeness (QED) is 0.172. The van der Waals surface area contributed by atoms with E-state index >= 15 is 0 Å². The number of piperidine rings is 1. The lowest BCUT2D eigenvalue weighted by atomic mass is 9.69. The molecule has 3 amide bonds. The molecule has 0 saturated carbocycles. The molecule has 2 aromatic rings. The molecule has 1 unspecified atom stereocenters. The summed E-state index contributed by atoms with van der Waals surface area (Å²) in [5, 5.41) is 6.46. The molecule has 0 aromatic heterocycles. The highest BCUT2D eigenvalue weighted by atomic mass is 28.3. The molecule has 0 spiro atoms. The van der Waals surface area contributed by atoms with Gasteiger partial charge in [-0.25, -0.2) is 4.79 Å². The number of likely N-dealkylation sites (tertiary alicyclic amines) is 1. The van der Waals surface area contributed by atoms with Crippen molar-refractivity contribution < 1.29 is 37.8 Å². The van der Waals surface area contributed by atoms with E-state index in [2.05, 4.69) is 65.3 Å². The molecule has 328 valence electrons. The predicted molar refractivity (Wildman–Crippen MR) is 234 cm³/mol. The molecule has 0 aliphatic carbocycles. The summed E-state index contributed by atoms with van der Waals surface area (Å²) in [4.78, 5) is 56.5. The average Bonchev–Trinajstić information content (AvgIpc) is 3.65. The lowest BCUT2D eigenvalue weighted by Crippen LogP contribution is -2.55. The number of rotatable bonds is 15. The molecule has 0 radical (unpaired) electrons. The summed E-state index contributed by atoms with van der Waals surface area (Å²) in [7, 11) is -1.70. The third-order valence-electron chi connectivity index (χ3n) is 11.4. The van der Waals surface area contributed by atoms with E-state index in [1.54, 1.807) is 4.90 Å². The third-order valence-corrected chi connectivity index (χ3v) is 12.2. The average molecular weight is 836 g/mol. The third kappa shape index (κ3) is 13.0. The lowest BCUT2D eigenvalue weighted by molar-refractivity contribution is -0.232. The fourth-order valence-corrected chi connectivity index (χ4v) is 9.23. The summed E-state index contributed by atoms with van der Waals surface area (Å²) in [5.74, 6) is -2.30. The van der Waals surface area contributed by atoms with E-state index < -0.39 is 56.0 Å². The summed E-state index contributed by atoms with van der Waals surface area (Å²) in [6.07, 6.45) is 0.291. The fraction of sp³-hybridized carbons (Fsp3) is 0.660. The molecule has 2 aromatic carbocycles. The second-order valence-corrected chi connectivity index (χ2v) is 22.5. The second kappa shape index (κ2) is 19.9. The van der Waals surface area contributed by atoms with Crippen LogP contribution in [0.2, 0.25) is 13.1 Å². The van der Waals surface area contributed by atoms with Gasteiger partial charge in [0.05, 0.1) is 25.4 Å². The monoisotopic (exact) mass is 836 g/mol. The van der Waals surface area contributed by atoms with Crippen LogP contribution in [-0.4, -0.2) is 81.6 Å². The Morgan fingerprint density at radius 2 is 1.42 bits per heavy atom. The molecule has 2 fully saturated rings. The number of nitrogens with one attached hydrogen (secondary N) is 2. The van der Waals surface area contributed by atoms with Crippen LogP contribution in [0.3, 0.4) is 0 Å². The molecule has 4 rings (SSSR count). The molecule has 11 nitrogen and oxygen atoms in total. The van der Waals surface area contributed by atoms with Crippen molar-refractivity contribution in [1.29, 1.82) is 0 Å². The molecular weight excluding hydrogens is 763 g/mol. The Morgan fingerprint density at radius 1 is 0.847 bits per heavy atom. The Morgan fingerprint density at radius 3 is 1.92 bits per heavy atom. The zero-order chi connectivity index (χ0) is 43.9. The van der Waals surface area contributed by atoms with Crippen LogP contribution in [0.5, 0.6) is 0 Å². The number of ether oxygens (including phenoxy) is 3. The van der Waals surface area contributed by atoms with E-state index in [0.29, 0.717) is 52.0 Å². The van der Waals surface area contributed by atoms with Crippen molar-refractivity contribution in [3.8, 4) is 0 Å². The van der Waals surface area contributed by atoms with Crippen LogP contribution in [0.1, 0.15) is 118 Å². The van der Waals surface area contributed by atoms with Crippen LogP contribution in [0.25, 0.3) is 0 Å². The van der Waals surface area contributed by atoms with Crippen molar-refractivity contribution >= 4 is 32.7 Å². The SMILES string of the molecule is CC(C)[C@H](NC(=O)[C@@H](Cc1ccc(C2(C(C)(C)C)OCCO2)cc1)C[C@H]([C@H](NC(=O)OC(C)(C)C)C(O[SiH](C)C)c1ccccc1)C(C)(C)C)C(=O)N1CCC(=O)CC1. The first-order valence-corrected chi connectivity index (χ1v) is 24.4. The van der Waals surface area contributed by atoms with Gasteiger partial charge in [0.25, 0.3) is 0 Å². The van der Waals surface area contributed by atoms with Crippen LogP contribution in [-0.2, 0) is 45.2 Å². The van der Waals surface area contributed by atoms with Gasteiger partial charge in [-0.1, -0.05) is 110 Å². The maximum atomic E-state index is 15.0. The fourth-order valence-electron chi connectivity index (χ4n) is 8.31. The predicted octanol–water partition coefficient (Wildman–Crippen LogP) is 8.11. The van der Waals surface area contributed by atoms with Gasteiger partial charge in [0.2, 0.25) is 11.8 Å². The molecule has 0 bridgehead atoms. The highest BCUT2D eigenvalue weighted by molar-refractivity contribution is 6.48. The molecule has 2 saturated heterocycles. The first kappa shape index (κ1) is 48.1. The number of alkyl carbamates (subject to hydrolysis) is 1. The van der Waals surface area contributed by atoms with Gasteiger partial charge in [0.1, 0.15) is 17.4 Å². The largest absolute Gasteiger partial charge is 0.444 e. The van der Waals surface area contributed by atoms with E-state index in [-0.39, 0.29) is 34.8 Å². The van der Waals surface area contributed by atoms with E-state index in [9.17, 15) is 19.2 Å². The number of amides is 3. The number of ketones is 1. The highest BCUT2D eigenvalue weighted by Gasteiger charge is 2.49. The highest BCUT2D eigenvalue weighted by Crippen LogP contribution is 2.46. The number of Topliss-reactive ketones (excluding diaryl/α,β-unsaturated/α-hetero) is 1. The van der Waals surface area contributed by atoms with Gasteiger partial charge in [0.15, 0.2) is 14.8 Å². The molecular formula is C47H73N3O8Si. The van der Waals surface area contributed by atoms with Gasteiger partial charge in [-0.2, -0.15) is 0 Å². The van der Waals surface area contributed by atoms with Crippen LogP contribution < -0.4 is 10.6 Å². The normalized spacial score (nSPS) is 18.9. The smallest absolute Gasteiger partial charge is 0.407 e. The number of carbonyl (C=O) groups is 4. The summed E-state index contributed by atoms with van der Waals surface area (Å²) < 4.78 is 25.2. The van der Waals surface area contributed by atoms with E-state index in [0.717, 1.165) is 16.7 Å². The summed E-state index contributed by atoms with van der Waals surface area (Å²) >= 11 is 0. The minimum absolute atomic E-state index is 0.144. The maximum Gasteiger partial charge on any atom is 0.407 e. The molecule has 12 heteroatoms. The zero-order valence-electron chi connectivity index (χ0n) is 38.1. The summed E-state index contributed by atoms with van der Waals surface area (Å²) in [5.41, 5.74) is 1.26. The first-order chi connectivity index (χ1) is 27.4. The van der Waals surface area contributed by atoms with Crippen molar-refractivity contribution in [3.05, 3.63) is 71.3 Å². The Hall–Kier alpha value is -3.58. The van der Waals surface area contributed by atoms with Gasteiger partial charge < -0.3 is 34.2 Å².